The highest BCUT2D eigenvalue weighted by Gasteiger charge is 2.42. The number of carbonyl (C=O) groups is 3. The molecule has 3 rings (SSSR count). The molecule has 1 unspecified atom stereocenters. The van der Waals surface area contributed by atoms with E-state index in [1.54, 1.807) is 30.0 Å². The lowest BCUT2D eigenvalue weighted by molar-refractivity contribution is -0.135. The predicted molar refractivity (Wildman–Crippen MR) is 115 cm³/mol. The molecule has 1 heterocycles. The molecule has 0 aliphatic carbocycles. The van der Waals surface area contributed by atoms with E-state index in [0.29, 0.717) is 30.8 Å². The average Bonchev–Trinajstić information content (AvgIpc) is 2.94. The van der Waals surface area contributed by atoms with Gasteiger partial charge >= 0.3 is 0 Å². The number of nitrogens with zero attached hydrogens (tertiary/aromatic N) is 3. The van der Waals surface area contributed by atoms with Gasteiger partial charge in [0.2, 0.25) is 5.91 Å². The van der Waals surface area contributed by atoms with Crippen LogP contribution in [-0.4, -0.2) is 65.6 Å². The third-order valence-corrected chi connectivity index (χ3v) is 5.46. The van der Waals surface area contributed by atoms with Crippen LogP contribution in [0.25, 0.3) is 0 Å². The van der Waals surface area contributed by atoms with Gasteiger partial charge in [-0.25, -0.2) is 0 Å². The van der Waals surface area contributed by atoms with Gasteiger partial charge in [-0.3, -0.25) is 19.3 Å². The van der Waals surface area contributed by atoms with E-state index in [-0.39, 0.29) is 5.91 Å². The Bertz CT molecular complexity index is 930. The molecule has 6 nitrogen and oxygen atoms in total. The van der Waals surface area contributed by atoms with Crippen molar-refractivity contribution in [2.24, 2.45) is 0 Å². The van der Waals surface area contributed by atoms with Gasteiger partial charge in [0, 0.05) is 24.1 Å². The second-order valence-corrected chi connectivity index (χ2v) is 8.31. The first kappa shape index (κ1) is 21.2. The van der Waals surface area contributed by atoms with Gasteiger partial charge in [-0.05, 0) is 44.8 Å². The fraction of sp³-hybridized carbons (Fsp3) is 0.318. The largest absolute Gasteiger partial charge is 0.335 e. The molecule has 1 atom stereocenters. The molecule has 0 bridgehead atoms. The summed E-state index contributed by atoms with van der Waals surface area (Å²) >= 11 is 3.33. The van der Waals surface area contributed by atoms with Crippen molar-refractivity contribution in [3.8, 4) is 0 Å². The lowest BCUT2D eigenvalue weighted by Crippen LogP contribution is -2.50. The van der Waals surface area contributed by atoms with Crippen molar-refractivity contribution < 1.29 is 14.4 Å². The lowest BCUT2D eigenvalue weighted by atomic mass is 10.1. The van der Waals surface area contributed by atoms with Gasteiger partial charge in [-0.2, -0.15) is 0 Å². The first-order valence-corrected chi connectivity index (χ1v) is 10.2. The Kier molecular flexibility index (Phi) is 6.49. The van der Waals surface area contributed by atoms with E-state index < -0.39 is 17.9 Å². The Hall–Kier alpha value is -2.51. The maximum Gasteiger partial charge on any atom is 0.262 e. The highest BCUT2D eigenvalue weighted by molar-refractivity contribution is 9.10. The Morgan fingerprint density at radius 2 is 1.66 bits per heavy atom. The van der Waals surface area contributed by atoms with Gasteiger partial charge < -0.3 is 9.80 Å². The summed E-state index contributed by atoms with van der Waals surface area (Å²) in [5.74, 6) is -1.10. The summed E-state index contributed by atoms with van der Waals surface area (Å²) in [6.45, 7) is 3.22. The molecule has 2 aromatic rings. The van der Waals surface area contributed by atoms with E-state index in [4.69, 9.17) is 0 Å². The highest BCUT2D eigenvalue weighted by Crippen LogP contribution is 2.28. The normalized spacial score (nSPS) is 14.3. The monoisotopic (exact) mass is 457 g/mol. The van der Waals surface area contributed by atoms with Crippen molar-refractivity contribution in [1.29, 1.82) is 0 Å². The van der Waals surface area contributed by atoms with Crippen LogP contribution < -0.4 is 0 Å². The molecule has 7 heteroatoms. The van der Waals surface area contributed by atoms with E-state index in [2.05, 4.69) is 15.9 Å². The van der Waals surface area contributed by atoms with E-state index in [9.17, 15) is 14.4 Å². The fourth-order valence-corrected chi connectivity index (χ4v) is 3.71. The highest BCUT2D eigenvalue weighted by atomic mass is 79.9. The number of carbonyl (C=O) groups excluding carboxylic acids is 3. The smallest absolute Gasteiger partial charge is 0.262 e. The number of imide groups is 1. The van der Waals surface area contributed by atoms with E-state index in [1.807, 2.05) is 49.3 Å². The molecule has 0 spiro atoms. The van der Waals surface area contributed by atoms with Gasteiger partial charge in [0.05, 0.1) is 11.1 Å². The van der Waals surface area contributed by atoms with Crippen molar-refractivity contribution in [3.05, 3.63) is 69.7 Å². The molecule has 0 radical (unpaired) electrons. The third-order valence-electron chi connectivity index (χ3n) is 4.97. The molecule has 2 aromatic carbocycles. The molecule has 3 amide bonds. The minimum Gasteiger partial charge on any atom is -0.335 e. The number of likely N-dealkylation sites (N-methyl/N-ethyl adjacent to an activating group) is 1. The number of benzene rings is 2. The van der Waals surface area contributed by atoms with Crippen LogP contribution in [0.5, 0.6) is 0 Å². The molecule has 0 saturated carbocycles. The number of halogens is 1. The zero-order valence-corrected chi connectivity index (χ0v) is 18.3. The molecule has 29 heavy (non-hydrogen) atoms. The van der Waals surface area contributed by atoms with Crippen LogP contribution in [-0.2, 0) is 11.3 Å². The minimum atomic E-state index is -0.882. The zero-order valence-electron chi connectivity index (χ0n) is 16.8. The first-order valence-electron chi connectivity index (χ1n) is 9.44. The van der Waals surface area contributed by atoms with Crippen molar-refractivity contribution in [1.82, 2.24) is 14.7 Å². The van der Waals surface area contributed by atoms with E-state index in [0.717, 1.165) is 14.9 Å². The van der Waals surface area contributed by atoms with Gasteiger partial charge in [-0.1, -0.05) is 46.3 Å². The summed E-state index contributed by atoms with van der Waals surface area (Å²) in [7, 11) is 3.88. The second-order valence-electron chi connectivity index (χ2n) is 7.39. The van der Waals surface area contributed by atoms with Crippen LogP contribution >= 0.6 is 15.9 Å². The van der Waals surface area contributed by atoms with Crippen LogP contribution in [0.3, 0.4) is 0 Å². The summed E-state index contributed by atoms with van der Waals surface area (Å²) < 4.78 is 0.718. The Morgan fingerprint density at radius 1 is 1.00 bits per heavy atom. The Balaban J connectivity index is 1.83. The molecular weight excluding hydrogens is 434 g/mol. The SMILES string of the molecule is CC(C(=O)N(CCN(C)C)Cc1ccccc1)N1C(=O)c2ccc(Br)cc2C1=O. The maximum atomic E-state index is 13.3. The number of fused-ring (bicyclic) bond motifs is 1. The molecule has 1 aliphatic heterocycles. The maximum absolute atomic E-state index is 13.3. The summed E-state index contributed by atoms with van der Waals surface area (Å²) in [5.41, 5.74) is 1.66. The van der Waals surface area contributed by atoms with Crippen molar-refractivity contribution in [2.45, 2.75) is 19.5 Å². The van der Waals surface area contributed by atoms with Gasteiger partial charge in [0.15, 0.2) is 0 Å². The molecule has 0 fully saturated rings. The summed E-state index contributed by atoms with van der Waals surface area (Å²) in [6.07, 6.45) is 0. The van der Waals surface area contributed by atoms with Gasteiger partial charge in [-0.15, -0.1) is 0 Å². The fourth-order valence-electron chi connectivity index (χ4n) is 3.35. The molecule has 1 aliphatic rings. The van der Waals surface area contributed by atoms with Crippen molar-refractivity contribution in [2.75, 3.05) is 27.2 Å². The summed E-state index contributed by atoms with van der Waals surface area (Å²) in [6, 6.07) is 13.8. The third kappa shape index (κ3) is 4.57. The number of rotatable bonds is 7. The number of hydrogen-bond acceptors (Lipinski definition) is 4. The molecule has 0 saturated heterocycles. The topological polar surface area (TPSA) is 60.9 Å². The molecule has 152 valence electrons. The quantitative estimate of drug-likeness (QED) is 0.599. The van der Waals surface area contributed by atoms with E-state index >= 15 is 0 Å². The average molecular weight is 458 g/mol. The Labute approximate surface area is 179 Å². The van der Waals surface area contributed by atoms with Crippen LogP contribution in [0.15, 0.2) is 53.0 Å². The van der Waals surface area contributed by atoms with Crippen LogP contribution in [0, 0.1) is 0 Å². The molecule has 0 N–H and O–H groups in total. The van der Waals surface area contributed by atoms with Crippen LogP contribution in [0.2, 0.25) is 0 Å². The summed E-state index contributed by atoms with van der Waals surface area (Å²) in [5, 5.41) is 0. The molecular formula is C22H24BrN3O3. The zero-order chi connectivity index (χ0) is 21.1. The molecule has 0 aromatic heterocycles. The second kappa shape index (κ2) is 8.88. The van der Waals surface area contributed by atoms with Crippen LogP contribution in [0.1, 0.15) is 33.2 Å². The van der Waals surface area contributed by atoms with Gasteiger partial charge in [0.25, 0.3) is 11.8 Å². The van der Waals surface area contributed by atoms with E-state index in [1.165, 1.54) is 0 Å². The van der Waals surface area contributed by atoms with Gasteiger partial charge in [0.1, 0.15) is 6.04 Å². The number of hydrogen-bond donors (Lipinski definition) is 0. The standard InChI is InChI=1S/C22H24BrN3O3/c1-15(26-21(28)18-10-9-17(23)13-19(18)22(26)29)20(27)25(12-11-24(2)3)14-16-7-5-4-6-8-16/h4-10,13,15H,11-12,14H2,1-3H3. The summed E-state index contributed by atoms with van der Waals surface area (Å²) in [4.78, 5) is 43.8. The van der Waals surface area contributed by atoms with Crippen LogP contribution in [0.4, 0.5) is 0 Å². The lowest BCUT2D eigenvalue weighted by Gasteiger charge is -2.30. The minimum absolute atomic E-state index is 0.246. The number of amides is 3. The predicted octanol–water partition coefficient (Wildman–Crippen LogP) is 3.02. The first-order chi connectivity index (χ1) is 13.8. The Morgan fingerprint density at radius 3 is 2.31 bits per heavy atom. The van der Waals surface area contributed by atoms with Crippen molar-refractivity contribution >= 4 is 33.7 Å². The van der Waals surface area contributed by atoms with Crippen molar-refractivity contribution in [3.63, 3.8) is 0 Å².